The molecule has 126 valence electrons. The third-order valence-corrected chi connectivity index (χ3v) is 6.04. The highest BCUT2D eigenvalue weighted by Gasteiger charge is 2.54. The van der Waals surface area contributed by atoms with Crippen molar-refractivity contribution >= 4 is 21.8 Å². The zero-order valence-corrected chi connectivity index (χ0v) is 15.6. The zero-order chi connectivity index (χ0) is 16.9. The van der Waals surface area contributed by atoms with Gasteiger partial charge in [-0.1, -0.05) is 29.8 Å². The molecule has 0 bridgehead atoms. The number of rotatable bonds is 2. The lowest BCUT2D eigenvalue weighted by atomic mass is 9.79. The van der Waals surface area contributed by atoms with Crippen molar-refractivity contribution in [1.82, 2.24) is 19.7 Å². The van der Waals surface area contributed by atoms with Crippen molar-refractivity contribution in [3.8, 4) is 5.69 Å². The molecule has 2 aromatic rings. The molecule has 1 aliphatic carbocycles. The summed E-state index contributed by atoms with van der Waals surface area (Å²) in [6.45, 7) is 5.47. The molecule has 1 unspecified atom stereocenters. The molecule has 1 aromatic carbocycles. The summed E-state index contributed by atoms with van der Waals surface area (Å²) >= 11 is 3.49. The van der Waals surface area contributed by atoms with E-state index >= 15 is 0 Å². The first kappa shape index (κ1) is 15.8. The van der Waals surface area contributed by atoms with Crippen LogP contribution in [0.2, 0.25) is 0 Å². The number of likely N-dealkylation sites (tertiary alicyclic amines) is 1. The molecule has 1 saturated carbocycles. The van der Waals surface area contributed by atoms with Crippen LogP contribution in [0.4, 0.5) is 0 Å². The Hall–Kier alpha value is -1.69. The average molecular weight is 389 g/mol. The Bertz CT molecular complexity index is 786. The number of halogens is 1. The van der Waals surface area contributed by atoms with Crippen molar-refractivity contribution in [2.45, 2.75) is 45.1 Å². The highest BCUT2D eigenvalue weighted by Crippen LogP contribution is 2.53. The third-order valence-electron chi connectivity index (χ3n) is 5.55. The van der Waals surface area contributed by atoms with Crippen molar-refractivity contribution in [2.24, 2.45) is 5.41 Å². The van der Waals surface area contributed by atoms with E-state index in [-0.39, 0.29) is 11.4 Å². The molecule has 1 aromatic heterocycles. The number of aromatic nitrogens is 3. The van der Waals surface area contributed by atoms with Gasteiger partial charge in [-0.2, -0.15) is 5.10 Å². The third kappa shape index (κ3) is 2.48. The van der Waals surface area contributed by atoms with Gasteiger partial charge >= 0.3 is 0 Å². The largest absolute Gasteiger partial charge is 0.333 e. The van der Waals surface area contributed by atoms with Crippen LogP contribution in [-0.2, 0) is 0 Å². The number of carbonyl (C=O) groups excluding carboxylic acids is 1. The molecule has 1 saturated heterocycles. The summed E-state index contributed by atoms with van der Waals surface area (Å²) in [4.78, 5) is 19.4. The molecule has 4 rings (SSSR count). The lowest BCUT2D eigenvalue weighted by Gasteiger charge is -2.52. The van der Waals surface area contributed by atoms with E-state index in [0.29, 0.717) is 11.0 Å². The minimum atomic E-state index is 0.0628. The van der Waals surface area contributed by atoms with E-state index in [1.54, 1.807) is 11.0 Å². The molecule has 1 aliphatic heterocycles. The monoisotopic (exact) mass is 388 g/mol. The van der Waals surface area contributed by atoms with Crippen LogP contribution in [0.15, 0.2) is 35.3 Å². The van der Waals surface area contributed by atoms with Crippen LogP contribution in [-0.4, -0.2) is 37.7 Å². The van der Waals surface area contributed by atoms with Gasteiger partial charge in [0.2, 0.25) is 0 Å². The Morgan fingerprint density at radius 2 is 2.08 bits per heavy atom. The molecule has 5 nitrogen and oxygen atoms in total. The van der Waals surface area contributed by atoms with Crippen LogP contribution < -0.4 is 0 Å². The van der Waals surface area contributed by atoms with Crippen molar-refractivity contribution in [2.75, 3.05) is 6.54 Å². The molecular formula is C18H21BrN4O. The smallest absolute Gasteiger partial charge is 0.256 e. The Morgan fingerprint density at radius 3 is 2.67 bits per heavy atom. The number of amides is 1. The summed E-state index contributed by atoms with van der Waals surface area (Å²) in [6.07, 6.45) is 7.63. The van der Waals surface area contributed by atoms with E-state index in [1.807, 2.05) is 18.2 Å². The van der Waals surface area contributed by atoms with Gasteiger partial charge in [-0.25, -0.2) is 9.67 Å². The van der Waals surface area contributed by atoms with Gasteiger partial charge in [0.1, 0.15) is 12.7 Å². The number of nitrogens with zero attached hydrogens (tertiary/aromatic N) is 4. The lowest BCUT2D eigenvalue weighted by molar-refractivity contribution is -0.00418. The van der Waals surface area contributed by atoms with Crippen LogP contribution >= 0.6 is 15.9 Å². The fourth-order valence-electron chi connectivity index (χ4n) is 4.29. The van der Waals surface area contributed by atoms with E-state index in [1.165, 1.54) is 12.7 Å². The molecule has 2 aliphatic rings. The maximum absolute atomic E-state index is 13.3. The van der Waals surface area contributed by atoms with Gasteiger partial charge in [-0.15, -0.1) is 0 Å². The predicted molar refractivity (Wildman–Crippen MR) is 95.1 cm³/mol. The second-order valence-corrected chi connectivity index (χ2v) is 8.69. The molecule has 2 fully saturated rings. The zero-order valence-electron chi connectivity index (χ0n) is 14.0. The first-order valence-electron chi connectivity index (χ1n) is 8.37. The fourth-order valence-corrected chi connectivity index (χ4v) is 4.64. The van der Waals surface area contributed by atoms with E-state index in [2.05, 4.69) is 44.8 Å². The van der Waals surface area contributed by atoms with Crippen LogP contribution in [0.5, 0.6) is 0 Å². The van der Waals surface area contributed by atoms with Crippen LogP contribution in [0.3, 0.4) is 0 Å². The van der Waals surface area contributed by atoms with Crippen LogP contribution in [0, 0.1) is 5.41 Å². The maximum atomic E-state index is 13.3. The van der Waals surface area contributed by atoms with Gasteiger partial charge in [0.15, 0.2) is 0 Å². The standard InChI is InChI=1S/C18H21BrN4O/c1-17(2)5-6-18(10-17)7-8-22(18)16(24)14-4-3-13(19)9-15(14)23-12-20-11-21-23/h3-4,9,11-12H,5-8,10H2,1-2H3. The highest BCUT2D eigenvalue weighted by atomic mass is 79.9. The van der Waals surface area contributed by atoms with Gasteiger partial charge in [-0.3, -0.25) is 4.79 Å². The molecule has 0 radical (unpaired) electrons. The van der Waals surface area contributed by atoms with Crippen molar-refractivity contribution in [1.29, 1.82) is 0 Å². The maximum Gasteiger partial charge on any atom is 0.256 e. The summed E-state index contributed by atoms with van der Waals surface area (Å²) < 4.78 is 2.58. The van der Waals surface area contributed by atoms with Crippen molar-refractivity contribution in [3.63, 3.8) is 0 Å². The summed E-state index contributed by atoms with van der Waals surface area (Å²) in [7, 11) is 0. The Kier molecular flexibility index (Phi) is 3.56. The van der Waals surface area contributed by atoms with E-state index in [4.69, 9.17) is 0 Å². The SMILES string of the molecule is CC1(C)CCC2(CCN2C(=O)c2ccc(Br)cc2-n2cncn2)C1. The number of benzene rings is 1. The Morgan fingerprint density at radius 1 is 1.25 bits per heavy atom. The summed E-state index contributed by atoms with van der Waals surface area (Å²) in [5.41, 5.74) is 1.85. The van der Waals surface area contributed by atoms with Crippen LogP contribution in [0.25, 0.3) is 5.69 Å². The molecule has 6 heteroatoms. The van der Waals surface area contributed by atoms with Gasteiger partial charge in [-0.05, 0) is 49.3 Å². The van der Waals surface area contributed by atoms with Crippen molar-refractivity contribution < 1.29 is 4.79 Å². The Labute approximate surface area is 150 Å². The Balaban J connectivity index is 1.69. The average Bonchev–Trinajstić information content (AvgIpc) is 3.14. The second kappa shape index (κ2) is 5.41. The van der Waals surface area contributed by atoms with Crippen molar-refractivity contribution in [3.05, 3.63) is 40.9 Å². The molecule has 24 heavy (non-hydrogen) atoms. The minimum absolute atomic E-state index is 0.0628. The number of hydrogen-bond donors (Lipinski definition) is 0. The normalized spacial score (nSPS) is 25.0. The van der Waals surface area contributed by atoms with E-state index in [9.17, 15) is 4.79 Å². The van der Waals surface area contributed by atoms with E-state index in [0.717, 1.165) is 36.0 Å². The molecular weight excluding hydrogens is 368 g/mol. The fraction of sp³-hybridized carbons (Fsp3) is 0.500. The number of carbonyl (C=O) groups is 1. The van der Waals surface area contributed by atoms with Gasteiger partial charge in [0.25, 0.3) is 5.91 Å². The van der Waals surface area contributed by atoms with Gasteiger partial charge < -0.3 is 4.90 Å². The second-order valence-electron chi connectivity index (χ2n) is 7.77. The minimum Gasteiger partial charge on any atom is -0.333 e. The summed E-state index contributed by atoms with van der Waals surface area (Å²) in [5, 5.41) is 4.20. The highest BCUT2D eigenvalue weighted by molar-refractivity contribution is 9.10. The molecule has 2 heterocycles. The molecule has 1 spiro atoms. The van der Waals surface area contributed by atoms with E-state index < -0.39 is 0 Å². The quantitative estimate of drug-likeness (QED) is 0.785. The lowest BCUT2D eigenvalue weighted by Crippen LogP contribution is -2.61. The topological polar surface area (TPSA) is 51.0 Å². The first-order valence-corrected chi connectivity index (χ1v) is 9.16. The first-order chi connectivity index (χ1) is 11.4. The summed E-state index contributed by atoms with van der Waals surface area (Å²) in [6, 6.07) is 5.72. The summed E-state index contributed by atoms with van der Waals surface area (Å²) in [5.74, 6) is 0.108. The molecule has 1 amide bonds. The molecule has 1 atom stereocenters. The van der Waals surface area contributed by atoms with Gasteiger partial charge in [0, 0.05) is 16.6 Å². The van der Waals surface area contributed by atoms with Gasteiger partial charge in [0.05, 0.1) is 11.3 Å². The predicted octanol–water partition coefficient (Wildman–Crippen LogP) is 3.82. The molecule has 0 N–H and O–H groups in total. The van der Waals surface area contributed by atoms with Crippen LogP contribution in [0.1, 0.15) is 49.9 Å². The number of hydrogen-bond acceptors (Lipinski definition) is 3.